The summed E-state index contributed by atoms with van der Waals surface area (Å²) in [6, 6.07) is 3.10. The van der Waals surface area contributed by atoms with Gasteiger partial charge in [-0.15, -0.1) is 0 Å². The summed E-state index contributed by atoms with van der Waals surface area (Å²) >= 11 is 0. The number of benzene rings is 1. The van der Waals surface area contributed by atoms with Crippen LogP contribution in [-0.4, -0.2) is 13.3 Å². The Hall–Kier alpha value is -2.45. The molecule has 7 nitrogen and oxygen atoms in total. The Kier molecular flexibility index (Phi) is 4.78. The molecule has 20 heavy (non-hydrogen) atoms. The topological polar surface area (TPSA) is 113 Å². The zero-order valence-corrected chi connectivity index (χ0v) is 11.2. The van der Waals surface area contributed by atoms with Crippen LogP contribution in [0.3, 0.4) is 0 Å². The molecular weight excluding hydrogens is 284 g/mol. The molecule has 0 unspecified atom stereocenters. The molecule has 0 radical (unpaired) electrons. The van der Waals surface area contributed by atoms with E-state index in [1.165, 1.54) is 18.2 Å². The van der Waals surface area contributed by atoms with Gasteiger partial charge in [-0.3, -0.25) is 10.1 Å². The summed E-state index contributed by atoms with van der Waals surface area (Å²) in [5.74, 6) is 0.0989. The van der Waals surface area contributed by atoms with Crippen molar-refractivity contribution in [3.63, 3.8) is 0 Å². The van der Waals surface area contributed by atoms with E-state index in [9.17, 15) is 18.5 Å². The first-order valence-corrected chi connectivity index (χ1v) is 6.78. The highest BCUT2D eigenvalue weighted by Gasteiger charge is 2.20. The molecule has 1 rings (SSSR count). The highest BCUT2D eigenvalue weighted by Crippen LogP contribution is 2.30. The van der Waals surface area contributed by atoms with Gasteiger partial charge in [0.2, 0.25) is 15.8 Å². The van der Waals surface area contributed by atoms with Crippen LogP contribution in [0.5, 0.6) is 5.75 Å². The van der Waals surface area contributed by atoms with Crippen molar-refractivity contribution in [3.05, 3.63) is 65.5 Å². The summed E-state index contributed by atoms with van der Waals surface area (Å²) in [6.07, 6.45) is 4.20. The van der Waals surface area contributed by atoms with E-state index in [0.29, 0.717) is 0 Å². The van der Waals surface area contributed by atoms with E-state index in [0.717, 1.165) is 18.2 Å². The summed E-state index contributed by atoms with van der Waals surface area (Å²) in [7, 11) is -4.03. The smallest absolute Gasteiger partial charge is 0.312 e. The molecule has 106 valence electrons. The Morgan fingerprint density at radius 2 is 2.05 bits per heavy atom. The molecule has 0 aliphatic heterocycles. The third kappa shape index (κ3) is 3.77. The van der Waals surface area contributed by atoms with Gasteiger partial charge in [0.25, 0.3) is 0 Å². The predicted octanol–water partition coefficient (Wildman–Crippen LogP) is 1.88. The maximum Gasteiger partial charge on any atom is 0.312 e. The molecule has 1 aromatic rings. The van der Waals surface area contributed by atoms with Crippen molar-refractivity contribution in [3.8, 4) is 5.75 Å². The van der Waals surface area contributed by atoms with E-state index in [-0.39, 0.29) is 16.4 Å². The second-order valence-corrected chi connectivity index (χ2v) is 5.10. The number of nitro benzene ring substituents is 1. The number of rotatable bonds is 6. The van der Waals surface area contributed by atoms with Crippen LogP contribution in [0.2, 0.25) is 0 Å². The van der Waals surface area contributed by atoms with Crippen LogP contribution in [0.4, 0.5) is 5.69 Å². The van der Waals surface area contributed by atoms with E-state index in [1.54, 1.807) is 0 Å². The van der Waals surface area contributed by atoms with Crippen molar-refractivity contribution < 1.29 is 18.1 Å². The van der Waals surface area contributed by atoms with Crippen molar-refractivity contribution in [2.24, 2.45) is 5.14 Å². The quantitative estimate of drug-likeness (QED) is 0.372. The van der Waals surface area contributed by atoms with E-state index >= 15 is 0 Å². The number of hydrogen-bond donors (Lipinski definition) is 1. The summed E-state index contributed by atoms with van der Waals surface area (Å²) in [4.78, 5) is 9.82. The van der Waals surface area contributed by atoms with Gasteiger partial charge in [-0.25, -0.2) is 13.6 Å². The van der Waals surface area contributed by atoms with E-state index < -0.39 is 20.6 Å². The lowest BCUT2D eigenvalue weighted by Gasteiger charge is -2.07. The Bertz CT molecular complexity index is 692. The number of primary sulfonamides is 1. The van der Waals surface area contributed by atoms with Gasteiger partial charge in [0.1, 0.15) is 5.76 Å². The van der Waals surface area contributed by atoms with Crippen LogP contribution in [0.25, 0.3) is 0 Å². The normalized spacial score (nSPS) is 11.8. The van der Waals surface area contributed by atoms with Crippen LogP contribution in [0, 0.1) is 10.1 Å². The molecule has 0 aliphatic rings. The lowest BCUT2D eigenvalue weighted by Crippen LogP contribution is -2.12. The number of sulfonamides is 1. The molecule has 0 bridgehead atoms. The van der Waals surface area contributed by atoms with Gasteiger partial charge in [0.05, 0.1) is 9.82 Å². The molecule has 0 atom stereocenters. The SMILES string of the molecule is C=C/C=C(\C=C)Oc1ccc(S(N)(=O)=O)cc1[N+](=O)[O-]. The minimum absolute atomic E-state index is 0.129. The van der Waals surface area contributed by atoms with Crippen molar-refractivity contribution in [1.82, 2.24) is 0 Å². The molecule has 0 spiro atoms. The van der Waals surface area contributed by atoms with Crippen molar-refractivity contribution in [2.45, 2.75) is 4.90 Å². The Balaban J connectivity index is 3.34. The average Bonchev–Trinajstić information content (AvgIpc) is 2.36. The van der Waals surface area contributed by atoms with Gasteiger partial charge >= 0.3 is 5.69 Å². The highest BCUT2D eigenvalue weighted by molar-refractivity contribution is 7.89. The first-order chi connectivity index (χ1) is 9.29. The number of nitrogens with two attached hydrogens (primary N) is 1. The molecular formula is C12H12N2O5S. The average molecular weight is 296 g/mol. The van der Waals surface area contributed by atoms with Gasteiger partial charge in [0.15, 0.2) is 0 Å². The number of allylic oxidation sites excluding steroid dienone is 3. The maximum atomic E-state index is 11.2. The molecule has 0 aromatic heterocycles. The van der Waals surface area contributed by atoms with Gasteiger partial charge < -0.3 is 4.74 Å². The van der Waals surface area contributed by atoms with E-state index in [4.69, 9.17) is 9.88 Å². The number of ether oxygens (including phenoxy) is 1. The third-order valence-electron chi connectivity index (χ3n) is 2.17. The molecule has 0 aliphatic carbocycles. The fourth-order valence-electron chi connectivity index (χ4n) is 1.29. The molecule has 0 saturated heterocycles. The van der Waals surface area contributed by atoms with Crippen LogP contribution in [0.1, 0.15) is 0 Å². The summed E-state index contributed by atoms with van der Waals surface area (Å²) < 4.78 is 27.6. The van der Waals surface area contributed by atoms with Gasteiger partial charge in [-0.2, -0.15) is 0 Å². The first kappa shape index (κ1) is 15.6. The second-order valence-electron chi connectivity index (χ2n) is 3.54. The van der Waals surface area contributed by atoms with Crippen LogP contribution in [-0.2, 0) is 10.0 Å². The van der Waals surface area contributed by atoms with Crippen LogP contribution in [0.15, 0.2) is 60.2 Å². The fraction of sp³-hybridized carbons (Fsp3) is 0. The van der Waals surface area contributed by atoms with Crippen LogP contribution >= 0.6 is 0 Å². The minimum Gasteiger partial charge on any atom is -0.450 e. The largest absolute Gasteiger partial charge is 0.450 e. The van der Waals surface area contributed by atoms with Crippen molar-refractivity contribution >= 4 is 15.7 Å². The molecule has 0 amide bonds. The lowest BCUT2D eigenvalue weighted by atomic mass is 10.3. The number of hydrogen-bond acceptors (Lipinski definition) is 5. The zero-order valence-electron chi connectivity index (χ0n) is 10.4. The predicted molar refractivity (Wildman–Crippen MR) is 73.6 cm³/mol. The Morgan fingerprint density at radius 1 is 1.40 bits per heavy atom. The summed E-state index contributed by atoms with van der Waals surface area (Å²) in [6.45, 7) is 6.94. The molecule has 8 heteroatoms. The summed E-state index contributed by atoms with van der Waals surface area (Å²) in [5.41, 5.74) is -0.520. The zero-order chi connectivity index (χ0) is 15.3. The Labute approximate surface area is 115 Å². The number of nitro groups is 1. The molecule has 0 saturated carbocycles. The molecule has 0 fully saturated rings. The van der Waals surface area contributed by atoms with E-state index in [2.05, 4.69) is 13.2 Å². The highest BCUT2D eigenvalue weighted by atomic mass is 32.2. The standard InChI is InChI=1S/C12H12N2O5S/c1-3-5-9(4-2)19-12-7-6-10(20(13,17)18)8-11(12)14(15)16/h3-8H,1-2H2,(H2,13,17,18)/b9-5+. The van der Waals surface area contributed by atoms with Crippen LogP contribution < -0.4 is 9.88 Å². The maximum absolute atomic E-state index is 11.2. The minimum atomic E-state index is -4.03. The lowest BCUT2D eigenvalue weighted by molar-refractivity contribution is -0.385. The van der Waals surface area contributed by atoms with Crippen molar-refractivity contribution in [1.29, 1.82) is 0 Å². The fourth-order valence-corrected chi connectivity index (χ4v) is 1.82. The molecule has 2 N–H and O–H groups in total. The Morgan fingerprint density at radius 3 is 2.50 bits per heavy atom. The molecule has 0 heterocycles. The monoisotopic (exact) mass is 296 g/mol. The second kappa shape index (κ2) is 6.13. The third-order valence-corrected chi connectivity index (χ3v) is 3.08. The first-order valence-electron chi connectivity index (χ1n) is 5.24. The van der Waals surface area contributed by atoms with E-state index in [1.807, 2.05) is 0 Å². The van der Waals surface area contributed by atoms with Gasteiger partial charge in [-0.05, 0) is 24.3 Å². The number of nitrogens with zero attached hydrogens (tertiary/aromatic N) is 1. The summed E-state index contributed by atoms with van der Waals surface area (Å²) in [5, 5.41) is 15.9. The van der Waals surface area contributed by atoms with Crippen molar-refractivity contribution in [2.75, 3.05) is 0 Å². The van der Waals surface area contributed by atoms with Gasteiger partial charge in [-0.1, -0.05) is 19.2 Å². The van der Waals surface area contributed by atoms with Gasteiger partial charge in [0, 0.05) is 6.07 Å². The molecule has 1 aromatic carbocycles.